The molecule has 7 nitrogen and oxygen atoms in total. The normalized spacial score (nSPS) is 15.6. The van der Waals surface area contributed by atoms with Crippen LogP contribution in [0.15, 0.2) is 36.4 Å². The van der Waals surface area contributed by atoms with Gasteiger partial charge in [-0.2, -0.15) is 11.8 Å². The Balaban J connectivity index is 0.0000102. The molecule has 0 saturated heterocycles. The Kier molecular flexibility index (Phi) is 15.0. The number of halogens is 1. The number of Topliss-reactive ketones (excluding diaryl/α,β-unsaturated/α-hetero) is 1. The third-order valence-electron chi connectivity index (χ3n) is 5.93. The Bertz CT molecular complexity index is 778. The first-order valence-corrected chi connectivity index (χ1v) is 12.3. The average Bonchev–Trinajstić information content (AvgIpc) is 2.82. The number of thioether (sulfide) groups is 1. The second-order valence-corrected chi connectivity index (χ2v) is 9.15. The molecule has 2 amide bonds. The zero-order valence-electron chi connectivity index (χ0n) is 19.9. The van der Waals surface area contributed by atoms with Gasteiger partial charge >= 0.3 is 0 Å². The van der Waals surface area contributed by atoms with Crippen LogP contribution in [0, 0.1) is 17.3 Å². The lowest BCUT2D eigenvalue weighted by atomic mass is 9.69. The molecule has 9 heteroatoms. The summed E-state index contributed by atoms with van der Waals surface area (Å²) < 4.78 is 0. The molecule has 1 aromatic rings. The summed E-state index contributed by atoms with van der Waals surface area (Å²) in [6, 6.07) is 9.59. The molecular formula is C24H38ClN3O4S. The molecule has 186 valence electrons. The van der Waals surface area contributed by atoms with E-state index in [-0.39, 0.29) is 30.5 Å². The van der Waals surface area contributed by atoms with Crippen molar-refractivity contribution in [2.45, 2.75) is 58.1 Å². The number of amides is 2. The number of nitrogens with two attached hydrogens (primary N) is 1. The molecule has 0 saturated carbocycles. The topological polar surface area (TPSA) is 122 Å². The van der Waals surface area contributed by atoms with Crippen LogP contribution in [0.1, 0.15) is 58.4 Å². The van der Waals surface area contributed by atoms with Crippen LogP contribution in [0.5, 0.6) is 0 Å². The van der Waals surface area contributed by atoms with Gasteiger partial charge in [0, 0.05) is 0 Å². The number of hydrogen-bond donors (Lipinski definition) is 4. The molecule has 0 aliphatic rings. The Hall–Kier alpha value is -1.87. The standard InChI is InChI=1S/C24H37N3O4S.ClH/c1-5-15-24(23(30)26-25,16-17(3)6-2)21(28)20(32-4)19(22(29)27-31)14-10-13-18-11-8-7-9-12-18;/h7-13,17,19-20,31H,5-6,14-16,25H2,1-4H3,(H,26,30)(H,27,29);1H/t17?,19-,20-,24?;/m1./s1. The minimum atomic E-state index is -1.33. The van der Waals surface area contributed by atoms with E-state index in [2.05, 4.69) is 5.43 Å². The number of rotatable bonds is 14. The minimum absolute atomic E-state index is 0. The highest BCUT2D eigenvalue weighted by Crippen LogP contribution is 2.40. The molecule has 0 radical (unpaired) electrons. The van der Waals surface area contributed by atoms with Crippen molar-refractivity contribution in [2.24, 2.45) is 23.1 Å². The molecule has 4 atom stereocenters. The van der Waals surface area contributed by atoms with E-state index in [1.807, 2.05) is 63.3 Å². The molecule has 2 unspecified atom stereocenters. The first-order valence-electron chi connectivity index (χ1n) is 11.0. The Labute approximate surface area is 207 Å². The second kappa shape index (κ2) is 15.9. The zero-order chi connectivity index (χ0) is 24.1. The molecule has 33 heavy (non-hydrogen) atoms. The first kappa shape index (κ1) is 31.1. The van der Waals surface area contributed by atoms with Gasteiger partial charge < -0.3 is 0 Å². The molecule has 0 aliphatic heterocycles. The van der Waals surface area contributed by atoms with E-state index in [0.717, 1.165) is 12.0 Å². The summed E-state index contributed by atoms with van der Waals surface area (Å²) in [5.74, 6) is 3.28. The second-order valence-electron chi connectivity index (χ2n) is 8.17. The van der Waals surface area contributed by atoms with Gasteiger partial charge in [-0.25, -0.2) is 11.3 Å². The lowest BCUT2D eigenvalue weighted by Gasteiger charge is -2.36. The maximum atomic E-state index is 13.9. The Morgan fingerprint density at radius 2 is 1.85 bits per heavy atom. The summed E-state index contributed by atoms with van der Waals surface area (Å²) in [6.07, 6.45) is 7.75. The van der Waals surface area contributed by atoms with Crippen LogP contribution in [0.25, 0.3) is 6.08 Å². The smallest absolute Gasteiger partial charge is 0.248 e. The van der Waals surface area contributed by atoms with E-state index in [9.17, 15) is 19.6 Å². The van der Waals surface area contributed by atoms with Gasteiger partial charge in [-0.05, 0) is 37.0 Å². The van der Waals surface area contributed by atoms with Crippen molar-refractivity contribution < 1.29 is 19.6 Å². The van der Waals surface area contributed by atoms with E-state index in [1.54, 1.807) is 11.7 Å². The molecular weight excluding hydrogens is 462 g/mol. The highest BCUT2D eigenvalue weighted by Gasteiger charge is 2.50. The summed E-state index contributed by atoms with van der Waals surface area (Å²) >= 11 is 1.22. The van der Waals surface area contributed by atoms with E-state index in [4.69, 9.17) is 5.84 Å². The van der Waals surface area contributed by atoms with Gasteiger partial charge in [-0.3, -0.25) is 25.0 Å². The van der Waals surface area contributed by atoms with Crippen LogP contribution in [0.4, 0.5) is 0 Å². The van der Waals surface area contributed by atoms with E-state index >= 15 is 0 Å². The van der Waals surface area contributed by atoms with Crippen LogP contribution in [0.3, 0.4) is 0 Å². The summed E-state index contributed by atoms with van der Waals surface area (Å²) in [4.78, 5) is 39.5. The SMILES string of the molecule is CCCC(CC(C)CC)(C(=O)NN)C(=O)[C@H](SC)[C@@H](CC=Cc1ccccc1)C(=O)NO.Cl. The molecule has 5 N–H and O–H groups in total. The van der Waals surface area contributed by atoms with Crippen LogP contribution >= 0.6 is 24.2 Å². The van der Waals surface area contributed by atoms with Gasteiger partial charge in [-0.15, -0.1) is 12.4 Å². The highest BCUT2D eigenvalue weighted by molar-refractivity contribution is 8.00. The summed E-state index contributed by atoms with van der Waals surface area (Å²) in [5, 5.41) is 8.53. The number of ketones is 1. The summed E-state index contributed by atoms with van der Waals surface area (Å²) in [5.41, 5.74) is 3.52. The monoisotopic (exact) mass is 499 g/mol. The molecule has 0 aliphatic carbocycles. The van der Waals surface area contributed by atoms with Crippen LogP contribution in [-0.4, -0.2) is 34.3 Å². The predicted molar refractivity (Wildman–Crippen MR) is 137 cm³/mol. The number of hydroxylamine groups is 1. The predicted octanol–water partition coefficient (Wildman–Crippen LogP) is 4.15. The number of benzene rings is 1. The lowest BCUT2D eigenvalue weighted by Crippen LogP contribution is -2.54. The van der Waals surface area contributed by atoms with Crippen LogP contribution in [-0.2, 0) is 14.4 Å². The molecule has 0 spiro atoms. The van der Waals surface area contributed by atoms with Crippen molar-refractivity contribution in [3.63, 3.8) is 0 Å². The molecule has 0 fully saturated rings. The fourth-order valence-corrected chi connectivity index (χ4v) is 5.04. The third kappa shape index (κ3) is 8.45. The lowest BCUT2D eigenvalue weighted by molar-refractivity contribution is -0.146. The van der Waals surface area contributed by atoms with E-state index in [1.165, 1.54) is 11.8 Å². The van der Waals surface area contributed by atoms with Crippen molar-refractivity contribution in [1.82, 2.24) is 10.9 Å². The number of hydrogen-bond acceptors (Lipinski definition) is 6. The van der Waals surface area contributed by atoms with Crippen molar-refractivity contribution in [2.75, 3.05) is 6.26 Å². The zero-order valence-corrected chi connectivity index (χ0v) is 21.5. The summed E-state index contributed by atoms with van der Waals surface area (Å²) in [7, 11) is 0. The fourth-order valence-electron chi connectivity index (χ4n) is 4.04. The van der Waals surface area contributed by atoms with Crippen molar-refractivity contribution in [1.29, 1.82) is 0 Å². The van der Waals surface area contributed by atoms with Gasteiger partial charge in [0.05, 0.1) is 11.2 Å². The quantitative estimate of drug-likeness (QED) is 0.100. The molecule has 0 aromatic heterocycles. The van der Waals surface area contributed by atoms with Crippen molar-refractivity contribution in [3.05, 3.63) is 42.0 Å². The number of carbonyl (C=O) groups excluding carboxylic acids is 3. The molecule has 0 bridgehead atoms. The highest BCUT2D eigenvalue weighted by atomic mass is 35.5. The van der Waals surface area contributed by atoms with Crippen molar-refractivity contribution >= 4 is 47.8 Å². The Morgan fingerprint density at radius 3 is 2.33 bits per heavy atom. The van der Waals surface area contributed by atoms with Gasteiger partial charge in [0.25, 0.3) is 0 Å². The van der Waals surface area contributed by atoms with E-state index < -0.39 is 28.4 Å². The number of hydrazine groups is 1. The average molecular weight is 500 g/mol. The minimum Gasteiger partial charge on any atom is -0.297 e. The van der Waals surface area contributed by atoms with Gasteiger partial charge in [0.2, 0.25) is 11.8 Å². The number of nitrogens with one attached hydrogen (secondary N) is 2. The molecule has 1 aromatic carbocycles. The van der Waals surface area contributed by atoms with Gasteiger partial charge in [0.1, 0.15) is 5.41 Å². The maximum absolute atomic E-state index is 13.9. The summed E-state index contributed by atoms with van der Waals surface area (Å²) in [6.45, 7) is 5.92. The first-order chi connectivity index (χ1) is 15.3. The Morgan fingerprint density at radius 1 is 1.21 bits per heavy atom. The fraction of sp³-hybridized carbons (Fsp3) is 0.542. The molecule has 0 heterocycles. The largest absolute Gasteiger partial charge is 0.297 e. The van der Waals surface area contributed by atoms with E-state index in [0.29, 0.717) is 19.3 Å². The number of allylic oxidation sites excluding steroid dienone is 1. The van der Waals surface area contributed by atoms with Crippen LogP contribution in [0.2, 0.25) is 0 Å². The molecule has 1 rings (SSSR count). The van der Waals surface area contributed by atoms with Gasteiger partial charge in [0.15, 0.2) is 5.78 Å². The van der Waals surface area contributed by atoms with Crippen LogP contribution < -0.4 is 16.7 Å². The number of carbonyl (C=O) groups is 3. The maximum Gasteiger partial charge on any atom is 0.248 e. The third-order valence-corrected chi connectivity index (χ3v) is 6.98. The van der Waals surface area contributed by atoms with Crippen molar-refractivity contribution in [3.8, 4) is 0 Å². The van der Waals surface area contributed by atoms with Gasteiger partial charge in [-0.1, -0.05) is 76.1 Å².